The molecule has 3 aromatic rings. The first-order valence-electron chi connectivity index (χ1n) is 6.07. The van der Waals surface area contributed by atoms with Crippen molar-refractivity contribution in [1.29, 1.82) is 0 Å². The lowest BCUT2D eigenvalue weighted by atomic mass is 10.1. The number of aromatic nitrogens is 1. The van der Waals surface area contributed by atoms with Gasteiger partial charge in [0.1, 0.15) is 0 Å². The minimum atomic E-state index is -1.04. The Labute approximate surface area is 118 Å². The molecule has 0 unspecified atom stereocenters. The summed E-state index contributed by atoms with van der Waals surface area (Å²) < 4.78 is 2.11. The standard InChI is InChI=1S/C15H11NO3S/c17-14-11-8-4-5-9-12(11)20-16(14)13(15(18)19)10-6-2-1-3-7-10/h1-9,13H,(H,18,19)/t13-/m0/s1. The Bertz CT molecular complexity index is 820. The minimum Gasteiger partial charge on any atom is -0.479 e. The van der Waals surface area contributed by atoms with Crippen molar-refractivity contribution in [3.05, 3.63) is 70.5 Å². The number of fused-ring (bicyclic) bond motifs is 1. The van der Waals surface area contributed by atoms with Crippen molar-refractivity contribution < 1.29 is 9.90 Å². The number of hydrogen-bond acceptors (Lipinski definition) is 3. The first-order valence-corrected chi connectivity index (χ1v) is 6.84. The fourth-order valence-electron chi connectivity index (χ4n) is 2.17. The Kier molecular flexibility index (Phi) is 3.12. The number of carbonyl (C=O) groups is 1. The molecule has 0 saturated heterocycles. The highest BCUT2D eigenvalue weighted by molar-refractivity contribution is 7.14. The van der Waals surface area contributed by atoms with Gasteiger partial charge in [0, 0.05) is 0 Å². The number of rotatable bonds is 3. The van der Waals surface area contributed by atoms with Gasteiger partial charge in [0.25, 0.3) is 5.56 Å². The molecule has 0 aliphatic carbocycles. The van der Waals surface area contributed by atoms with E-state index in [1.54, 1.807) is 36.4 Å². The Balaban J connectivity index is 2.23. The second kappa shape index (κ2) is 4.94. The Hall–Kier alpha value is -2.40. The van der Waals surface area contributed by atoms with Crippen molar-refractivity contribution in [1.82, 2.24) is 3.96 Å². The SMILES string of the molecule is O=C(O)[C@H](c1ccccc1)n1sc2ccccc2c1=O. The second-order valence-corrected chi connectivity index (χ2v) is 5.39. The molecule has 0 aliphatic rings. The van der Waals surface area contributed by atoms with Crippen LogP contribution >= 0.6 is 11.5 Å². The van der Waals surface area contributed by atoms with Crippen molar-refractivity contribution in [2.75, 3.05) is 0 Å². The molecule has 0 fully saturated rings. The van der Waals surface area contributed by atoms with Gasteiger partial charge in [0.2, 0.25) is 0 Å². The predicted molar refractivity (Wildman–Crippen MR) is 78.3 cm³/mol. The van der Waals surface area contributed by atoms with Crippen molar-refractivity contribution in [3.63, 3.8) is 0 Å². The van der Waals surface area contributed by atoms with Gasteiger partial charge in [-0.3, -0.25) is 4.79 Å². The smallest absolute Gasteiger partial charge is 0.332 e. The van der Waals surface area contributed by atoms with E-state index in [1.807, 2.05) is 18.2 Å². The van der Waals surface area contributed by atoms with Crippen molar-refractivity contribution in [2.24, 2.45) is 0 Å². The summed E-state index contributed by atoms with van der Waals surface area (Å²) in [6, 6.07) is 15.0. The van der Waals surface area contributed by atoms with E-state index in [-0.39, 0.29) is 5.56 Å². The van der Waals surface area contributed by atoms with Gasteiger partial charge in [-0.15, -0.1) is 0 Å². The third-order valence-electron chi connectivity index (χ3n) is 3.10. The van der Waals surface area contributed by atoms with Crippen LogP contribution in [0.3, 0.4) is 0 Å². The maximum Gasteiger partial charge on any atom is 0.332 e. The lowest BCUT2D eigenvalue weighted by Crippen LogP contribution is -2.26. The highest BCUT2D eigenvalue weighted by Crippen LogP contribution is 2.24. The lowest BCUT2D eigenvalue weighted by Gasteiger charge is -2.12. The van der Waals surface area contributed by atoms with Gasteiger partial charge in [-0.1, -0.05) is 54.0 Å². The molecule has 1 N–H and O–H groups in total. The molecule has 0 saturated carbocycles. The van der Waals surface area contributed by atoms with Crippen LogP contribution in [0.25, 0.3) is 10.1 Å². The average molecular weight is 285 g/mol. The number of nitrogens with zero attached hydrogens (tertiary/aromatic N) is 1. The van der Waals surface area contributed by atoms with Crippen LogP contribution in [0.1, 0.15) is 11.6 Å². The van der Waals surface area contributed by atoms with E-state index in [0.717, 1.165) is 4.70 Å². The van der Waals surface area contributed by atoms with Gasteiger partial charge in [0.15, 0.2) is 6.04 Å². The monoisotopic (exact) mass is 285 g/mol. The third-order valence-corrected chi connectivity index (χ3v) is 4.22. The van der Waals surface area contributed by atoms with Gasteiger partial charge >= 0.3 is 5.97 Å². The van der Waals surface area contributed by atoms with Crippen LogP contribution in [-0.4, -0.2) is 15.0 Å². The first kappa shape index (κ1) is 12.6. The number of carboxylic acids is 1. The highest BCUT2D eigenvalue weighted by Gasteiger charge is 2.25. The Morgan fingerprint density at radius 2 is 1.70 bits per heavy atom. The molecule has 5 heteroatoms. The summed E-state index contributed by atoms with van der Waals surface area (Å²) in [5.74, 6) is -1.04. The largest absolute Gasteiger partial charge is 0.479 e. The third kappa shape index (κ3) is 2.02. The molecule has 0 amide bonds. The van der Waals surface area contributed by atoms with Crippen molar-refractivity contribution >= 4 is 27.6 Å². The van der Waals surface area contributed by atoms with Crippen molar-refractivity contribution in [2.45, 2.75) is 6.04 Å². The summed E-state index contributed by atoms with van der Waals surface area (Å²) >= 11 is 1.18. The summed E-state index contributed by atoms with van der Waals surface area (Å²) in [6.07, 6.45) is 0. The number of carboxylic acid groups (broad SMARTS) is 1. The summed E-state index contributed by atoms with van der Waals surface area (Å²) in [4.78, 5) is 23.9. The maximum absolute atomic E-state index is 12.4. The van der Waals surface area contributed by atoms with Crippen LogP contribution in [0, 0.1) is 0 Å². The minimum absolute atomic E-state index is 0.262. The molecule has 0 spiro atoms. The molecule has 2 aromatic carbocycles. The van der Waals surface area contributed by atoms with Crippen LogP contribution in [-0.2, 0) is 4.79 Å². The molecular formula is C15H11NO3S. The zero-order valence-corrected chi connectivity index (χ0v) is 11.2. The number of hydrogen-bond donors (Lipinski definition) is 1. The fraction of sp³-hybridized carbons (Fsp3) is 0.0667. The van der Waals surface area contributed by atoms with Gasteiger partial charge in [-0.05, 0) is 17.7 Å². The number of benzene rings is 2. The lowest BCUT2D eigenvalue weighted by molar-refractivity contribution is -0.139. The van der Waals surface area contributed by atoms with E-state index >= 15 is 0 Å². The summed E-state index contributed by atoms with van der Waals surface area (Å²) in [6.45, 7) is 0. The predicted octanol–water partition coefficient (Wildman–Crippen LogP) is 2.74. The first-order chi connectivity index (χ1) is 9.68. The Morgan fingerprint density at radius 1 is 1.05 bits per heavy atom. The van der Waals surface area contributed by atoms with Gasteiger partial charge in [-0.2, -0.15) is 0 Å². The molecular weight excluding hydrogens is 274 g/mol. The van der Waals surface area contributed by atoms with E-state index < -0.39 is 12.0 Å². The molecule has 3 rings (SSSR count). The average Bonchev–Trinajstić information content (AvgIpc) is 2.78. The number of aliphatic carboxylic acids is 1. The Morgan fingerprint density at radius 3 is 2.35 bits per heavy atom. The van der Waals surface area contributed by atoms with E-state index in [0.29, 0.717) is 10.9 Å². The van der Waals surface area contributed by atoms with Gasteiger partial charge in [-0.25, -0.2) is 8.75 Å². The van der Waals surface area contributed by atoms with Crippen LogP contribution in [0.15, 0.2) is 59.4 Å². The molecule has 0 radical (unpaired) electrons. The summed E-state index contributed by atoms with van der Waals surface area (Å²) in [5.41, 5.74) is 0.329. The highest BCUT2D eigenvalue weighted by atomic mass is 32.1. The van der Waals surface area contributed by atoms with E-state index in [2.05, 4.69) is 0 Å². The van der Waals surface area contributed by atoms with Crippen LogP contribution in [0.2, 0.25) is 0 Å². The summed E-state index contributed by atoms with van der Waals surface area (Å²) in [7, 11) is 0. The molecule has 1 heterocycles. The quantitative estimate of drug-likeness (QED) is 0.805. The van der Waals surface area contributed by atoms with Gasteiger partial charge in [0.05, 0.1) is 10.1 Å². The zero-order chi connectivity index (χ0) is 14.1. The van der Waals surface area contributed by atoms with Gasteiger partial charge < -0.3 is 5.11 Å². The van der Waals surface area contributed by atoms with E-state index in [1.165, 1.54) is 15.5 Å². The van der Waals surface area contributed by atoms with Crippen molar-refractivity contribution in [3.8, 4) is 0 Å². The molecule has 0 aliphatic heterocycles. The van der Waals surface area contributed by atoms with Crippen LogP contribution in [0.4, 0.5) is 0 Å². The molecule has 20 heavy (non-hydrogen) atoms. The topological polar surface area (TPSA) is 59.3 Å². The molecule has 0 bridgehead atoms. The maximum atomic E-state index is 12.4. The summed E-state index contributed by atoms with van der Waals surface area (Å²) in [5, 5.41) is 10.0. The van der Waals surface area contributed by atoms with Crippen LogP contribution < -0.4 is 5.56 Å². The zero-order valence-electron chi connectivity index (χ0n) is 10.4. The molecule has 4 nitrogen and oxygen atoms in total. The van der Waals surface area contributed by atoms with Crippen LogP contribution in [0.5, 0.6) is 0 Å². The fourth-order valence-corrected chi connectivity index (χ4v) is 3.28. The molecule has 1 aromatic heterocycles. The second-order valence-electron chi connectivity index (χ2n) is 4.37. The normalized spacial score (nSPS) is 12.4. The molecule has 100 valence electrons. The van der Waals surface area contributed by atoms with E-state index in [9.17, 15) is 14.7 Å². The molecule has 1 atom stereocenters. The van der Waals surface area contributed by atoms with E-state index in [4.69, 9.17) is 0 Å².